The Labute approximate surface area is 128 Å². The second kappa shape index (κ2) is 5.96. The van der Waals surface area contributed by atoms with Gasteiger partial charge in [-0.1, -0.05) is 23.2 Å². The van der Waals surface area contributed by atoms with Crippen LogP contribution in [-0.4, -0.2) is 20.7 Å². The highest BCUT2D eigenvalue weighted by molar-refractivity contribution is 6.36. The maximum atomic E-state index is 11.8. The van der Waals surface area contributed by atoms with Crippen LogP contribution in [0.25, 0.3) is 0 Å². The second-order valence-electron chi connectivity index (χ2n) is 3.48. The fourth-order valence-electron chi connectivity index (χ4n) is 1.31. The van der Waals surface area contributed by atoms with Gasteiger partial charge >= 0.3 is 0 Å². The van der Waals surface area contributed by atoms with Gasteiger partial charge in [0.1, 0.15) is 6.54 Å². The smallest absolute Gasteiger partial charge is 0.246 e. The van der Waals surface area contributed by atoms with Crippen LogP contribution in [0.4, 0.5) is 5.69 Å². The summed E-state index contributed by atoms with van der Waals surface area (Å²) in [5.74, 6) is -0.368. The van der Waals surface area contributed by atoms with Crippen molar-refractivity contribution in [3.8, 4) is 0 Å². The molecule has 1 amide bonds. The zero-order chi connectivity index (χ0) is 14.0. The van der Waals surface area contributed by atoms with Gasteiger partial charge in [0, 0.05) is 5.02 Å². The van der Waals surface area contributed by atoms with Gasteiger partial charge in [-0.3, -0.25) is 4.79 Å². The molecule has 19 heavy (non-hydrogen) atoms. The molecule has 9 heteroatoms. The zero-order valence-electron chi connectivity index (χ0n) is 9.20. The highest BCUT2D eigenvalue weighted by atomic mass is 35.5. The van der Waals surface area contributed by atoms with Crippen LogP contribution in [0.2, 0.25) is 20.6 Å². The molecule has 100 valence electrons. The van der Waals surface area contributed by atoms with Gasteiger partial charge in [0.25, 0.3) is 0 Å². The van der Waals surface area contributed by atoms with E-state index in [2.05, 4.69) is 15.4 Å². The molecular weight excluding hydrogens is 334 g/mol. The maximum Gasteiger partial charge on any atom is 0.246 e. The van der Waals surface area contributed by atoms with Crippen molar-refractivity contribution in [2.24, 2.45) is 0 Å². The Kier molecular flexibility index (Phi) is 4.52. The molecule has 0 spiro atoms. The van der Waals surface area contributed by atoms with Crippen molar-refractivity contribution in [1.29, 1.82) is 0 Å². The Bertz CT molecular complexity index is 628. The normalized spacial score (nSPS) is 10.5. The summed E-state index contributed by atoms with van der Waals surface area (Å²) in [7, 11) is 0. The van der Waals surface area contributed by atoms with E-state index >= 15 is 0 Å². The van der Waals surface area contributed by atoms with Gasteiger partial charge in [0.2, 0.25) is 16.5 Å². The third kappa shape index (κ3) is 3.73. The number of halogens is 4. The fourth-order valence-corrected chi connectivity index (χ4v) is 2.16. The summed E-state index contributed by atoms with van der Waals surface area (Å²) < 4.78 is 1.17. The van der Waals surface area contributed by atoms with E-state index in [1.807, 2.05) is 0 Å². The van der Waals surface area contributed by atoms with Crippen molar-refractivity contribution in [2.75, 3.05) is 5.32 Å². The van der Waals surface area contributed by atoms with E-state index in [1.54, 1.807) is 12.1 Å². The highest BCUT2D eigenvalue weighted by Gasteiger charge is 2.11. The first-order chi connectivity index (χ1) is 8.95. The topological polar surface area (TPSA) is 59.8 Å². The molecule has 0 atom stereocenters. The Balaban J connectivity index is 2.07. The number of carbonyl (C=O) groups excluding carboxylic acids is 1. The van der Waals surface area contributed by atoms with Gasteiger partial charge in [-0.2, -0.15) is 4.98 Å². The summed E-state index contributed by atoms with van der Waals surface area (Å²) in [6.45, 7) is -0.127. The molecule has 0 unspecified atom stereocenters. The van der Waals surface area contributed by atoms with Crippen LogP contribution < -0.4 is 5.32 Å². The molecular formula is C10H6Cl4N4O. The number of hydrogen-bond donors (Lipinski definition) is 1. The minimum Gasteiger partial charge on any atom is -0.323 e. The first kappa shape index (κ1) is 14.4. The van der Waals surface area contributed by atoms with Gasteiger partial charge < -0.3 is 5.32 Å². The lowest BCUT2D eigenvalue weighted by Gasteiger charge is -2.07. The molecule has 0 saturated carbocycles. The third-order valence-corrected chi connectivity index (χ3v) is 3.09. The SMILES string of the molecule is O=C(Cn1nc(Cl)nc1Cl)Nc1ccc(Cl)cc1Cl. The quantitative estimate of drug-likeness (QED) is 0.930. The molecule has 1 heterocycles. The minimum atomic E-state index is -0.368. The molecule has 1 N–H and O–H groups in total. The number of nitrogens with zero attached hydrogens (tertiary/aromatic N) is 3. The first-order valence-corrected chi connectivity index (χ1v) is 6.47. The van der Waals surface area contributed by atoms with E-state index in [0.717, 1.165) is 0 Å². The zero-order valence-corrected chi connectivity index (χ0v) is 12.2. The summed E-state index contributed by atoms with van der Waals surface area (Å²) in [6.07, 6.45) is 0. The molecule has 1 aromatic carbocycles. The van der Waals surface area contributed by atoms with Crippen LogP contribution >= 0.6 is 46.4 Å². The summed E-state index contributed by atoms with van der Waals surface area (Å²) in [6, 6.07) is 4.74. The first-order valence-electron chi connectivity index (χ1n) is 4.96. The Morgan fingerprint density at radius 3 is 2.58 bits per heavy atom. The van der Waals surface area contributed by atoms with E-state index in [9.17, 15) is 4.79 Å². The Morgan fingerprint density at radius 2 is 2.00 bits per heavy atom. The second-order valence-corrected chi connectivity index (χ2v) is 5.00. The van der Waals surface area contributed by atoms with Crippen molar-refractivity contribution >= 4 is 58.0 Å². The number of benzene rings is 1. The minimum absolute atomic E-state index is 0.0256. The molecule has 0 bridgehead atoms. The number of aromatic nitrogens is 3. The molecule has 0 saturated heterocycles. The van der Waals surface area contributed by atoms with Gasteiger partial charge in [0.15, 0.2) is 0 Å². The van der Waals surface area contributed by atoms with E-state index in [-0.39, 0.29) is 23.0 Å². The predicted molar refractivity (Wildman–Crippen MR) is 75.1 cm³/mol. The maximum absolute atomic E-state index is 11.8. The standard InChI is InChI=1S/C10H6Cl4N4O/c11-5-1-2-7(6(12)3-5)15-8(19)4-18-10(14)16-9(13)17-18/h1-3H,4H2,(H,15,19). The summed E-state index contributed by atoms with van der Waals surface area (Å²) >= 11 is 23.0. The average Bonchev–Trinajstić information content (AvgIpc) is 2.61. The van der Waals surface area contributed by atoms with Crippen LogP contribution in [0.1, 0.15) is 0 Å². The molecule has 0 aliphatic heterocycles. The van der Waals surface area contributed by atoms with E-state index < -0.39 is 0 Å². The molecule has 0 aliphatic carbocycles. The van der Waals surface area contributed by atoms with Crippen LogP contribution in [0.5, 0.6) is 0 Å². The van der Waals surface area contributed by atoms with Gasteiger partial charge in [-0.25, -0.2) is 4.68 Å². The van der Waals surface area contributed by atoms with Crippen molar-refractivity contribution in [2.45, 2.75) is 6.54 Å². The van der Waals surface area contributed by atoms with Gasteiger partial charge in [-0.05, 0) is 41.4 Å². The molecule has 0 radical (unpaired) electrons. The van der Waals surface area contributed by atoms with Crippen LogP contribution in [0.3, 0.4) is 0 Å². The summed E-state index contributed by atoms with van der Waals surface area (Å²) in [4.78, 5) is 15.4. The monoisotopic (exact) mass is 338 g/mol. The molecule has 2 rings (SSSR count). The summed E-state index contributed by atoms with van der Waals surface area (Å²) in [5.41, 5.74) is 0.443. The van der Waals surface area contributed by atoms with Gasteiger partial charge in [0.05, 0.1) is 10.7 Å². The largest absolute Gasteiger partial charge is 0.323 e. The van der Waals surface area contributed by atoms with E-state index in [4.69, 9.17) is 46.4 Å². The molecule has 0 aliphatic rings. The number of amides is 1. The number of nitrogens with one attached hydrogen (secondary N) is 1. The Hall–Kier alpha value is -1.01. The van der Waals surface area contributed by atoms with Crippen molar-refractivity contribution in [3.63, 3.8) is 0 Å². The number of carbonyl (C=O) groups is 1. The average molecular weight is 340 g/mol. The molecule has 2 aromatic rings. The van der Waals surface area contributed by atoms with Crippen molar-refractivity contribution in [1.82, 2.24) is 14.8 Å². The predicted octanol–water partition coefficient (Wildman–Crippen LogP) is 3.53. The lowest BCUT2D eigenvalue weighted by atomic mass is 10.3. The molecule has 5 nitrogen and oxygen atoms in total. The molecule has 1 aromatic heterocycles. The van der Waals surface area contributed by atoms with E-state index in [0.29, 0.717) is 15.7 Å². The summed E-state index contributed by atoms with van der Waals surface area (Å²) in [5, 5.41) is 7.18. The lowest BCUT2D eigenvalue weighted by Crippen LogP contribution is -2.19. The number of anilines is 1. The highest BCUT2D eigenvalue weighted by Crippen LogP contribution is 2.25. The molecule has 0 fully saturated rings. The van der Waals surface area contributed by atoms with Crippen molar-refractivity contribution in [3.05, 3.63) is 38.8 Å². The van der Waals surface area contributed by atoms with Gasteiger partial charge in [-0.15, -0.1) is 5.10 Å². The van der Waals surface area contributed by atoms with Crippen LogP contribution in [-0.2, 0) is 11.3 Å². The van der Waals surface area contributed by atoms with E-state index in [1.165, 1.54) is 10.7 Å². The van der Waals surface area contributed by atoms with Crippen molar-refractivity contribution < 1.29 is 4.79 Å². The lowest BCUT2D eigenvalue weighted by molar-refractivity contribution is -0.116. The Morgan fingerprint density at radius 1 is 1.26 bits per heavy atom. The third-order valence-electron chi connectivity index (χ3n) is 2.10. The van der Waals surface area contributed by atoms with Crippen LogP contribution in [0, 0.1) is 0 Å². The number of rotatable bonds is 3. The van der Waals surface area contributed by atoms with Crippen LogP contribution in [0.15, 0.2) is 18.2 Å². The number of hydrogen-bond acceptors (Lipinski definition) is 3. The fraction of sp³-hybridized carbons (Fsp3) is 0.100.